The number of carbonyl (C=O) groups is 2. The van der Waals surface area contributed by atoms with Crippen LogP contribution in [0.15, 0.2) is 24.3 Å². The van der Waals surface area contributed by atoms with Gasteiger partial charge in [0.2, 0.25) is 5.91 Å². The van der Waals surface area contributed by atoms with Crippen LogP contribution in [0.2, 0.25) is 0 Å². The second-order valence-electron chi connectivity index (χ2n) is 3.99. The first kappa shape index (κ1) is 14.2. The Bertz CT molecular complexity index is 431. The number of aliphatic hydroxyl groups excluding tert-OH is 1. The molecule has 0 aliphatic heterocycles. The molecule has 2 N–H and O–H groups in total. The van der Waals surface area contributed by atoms with Crippen LogP contribution in [0.1, 0.15) is 11.1 Å². The van der Waals surface area contributed by atoms with Crippen LogP contribution in [0, 0.1) is 6.92 Å². The van der Waals surface area contributed by atoms with Crippen molar-refractivity contribution in [3.05, 3.63) is 35.4 Å². The van der Waals surface area contributed by atoms with E-state index in [1.54, 1.807) is 0 Å². The number of carbonyl (C=O) groups excluding carboxylic acids is 2. The Kier molecular flexibility index (Phi) is 5.32. The van der Waals surface area contributed by atoms with Crippen molar-refractivity contribution >= 4 is 11.9 Å². The standard InChI is InChI=1S/C13H17NO4/c1-9-4-3-5-10(6-9)7-11(13(17)18-2)14-12(16)8-15/h3-6,11,15H,7-8H2,1-2H3,(H,14,16)/t11-/m0/s1. The number of aryl methyl sites for hydroxylation is 1. The Balaban J connectivity index is 2.78. The number of hydrogen-bond donors (Lipinski definition) is 2. The minimum atomic E-state index is -0.781. The molecule has 0 spiro atoms. The van der Waals surface area contributed by atoms with Crippen LogP contribution < -0.4 is 5.32 Å². The van der Waals surface area contributed by atoms with Gasteiger partial charge >= 0.3 is 5.97 Å². The second kappa shape index (κ2) is 6.76. The van der Waals surface area contributed by atoms with E-state index in [1.807, 2.05) is 31.2 Å². The average Bonchev–Trinajstić information content (AvgIpc) is 2.36. The molecule has 0 saturated heterocycles. The third-order valence-corrected chi connectivity index (χ3v) is 2.49. The van der Waals surface area contributed by atoms with E-state index >= 15 is 0 Å². The summed E-state index contributed by atoms with van der Waals surface area (Å²) in [6.07, 6.45) is 0.333. The summed E-state index contributed by atoms with van der Waals surface area (Å²) in [4.78, 5) is 22.7. The number of esters is 1. The van der Waals surface area contributed by atoms with Crippen molar-refractivity contribution in [2.45, 2.75) is 19.4 Å². The summed E-state index contributed by atoms with van der Waals surface area (Å²) in [6, 6.07) is 6.85. The summed E-state index contributed by atoms with van der Waals surface area (Å²) < 4.78 is 4.62. The maximum absolute atomic E-state index is 11.5. The van der Waals surface area contributed by atoms with Gasteiger partial charge in [-0.2, -0.15) is 0 Å². The molecule has 1 aromatic carbocycles. The van der Waals surface area contributed by atoms with E-state index in [9.17, 15) is 9.59 Å². The molecule has 0 heterocycles. The van der Waals surface area contributed by atoms with E-state index in [2.05, 4.69) is 10.1 Å². The quantitative estimate of drug-likeness (QED) is 0.732. The van der Waals surface area contributed by atoms with Crippen molar-refractivity contribution in [1.82, 2.24) is 5.32 Å². The zero-order chi connectivity index (χ0) is 13.5. The summed E-state index contributed by atoms with van der Waals surface area (Å²) in [7, 11) is 1.26. The Labute approximate surface area is 106 Å². The number of aliphatic hydroxyl groups is 1. The molecular weight excluding hydrogens is 234 g/mol. The number of benzene rings is 1. The zero-order valence-electron chi connectivity index (χ0n) is 10.5. The van der Waals surface area contributed by atoms with Gasteiger partial charge in [-0.3, -0.25) is 4.79 Å². The van der Waals surface area contributed by atoms with Gasteiger partial charge in [0.15, 0.2) is 0 Å². The Hall–Kier alpha value is -1.88. The Morgan fingerprint density at radius 1 is 1.44 bits per heavy atom. The zero-order valence-corrected chi connectivity index (χ0v) is 10.5. The van der Waals surface area contributed by atoms with Gasteiger partial charge in [-0.1, -0.05) is 29.8 Å². The molecule has 1 rings (SSSR count). The van der Waals surface area contributed by atoms with Crippen molar-refractivity contribution < 1.29 is 19.4 Å². The van der Waals surface area contributed by atoms with Crippen molar-refractivity contribution in [1.29, 1.82) is 0 Å². The number of hydrogen-bond acceptors (Lipinski definition) is 4. The van der Waals surface area contributed by atoms with Crippen LogP contribution in [-0.4, -0.2) is 36.7 Å². The lowest BCUT2D eigenvalue weighted by Gasteiger charge is -2.16. The molecule has 5 heteroatoms. The predicted molar refractivity (Wildman–Crippen MR) is 65.9 cm³/mol. The summed E-state index contributed by atoms with van der Waals surface area (Å²) in [5.74, 6) is -1.13. The number of ether oxygens (including phenoxy) is 1. The molecular formula is C13H17NO4. The molecule has 1 atom stereocenters. The minimum Gasteiger partial charge on any atom is -0.467 e. The van der Waals surface area contributed by atoms with E-state index in [1.165, 1.54) is 7.11 Å². The lowest BCUT2D eigenvalue weighted by atomic mass is 10.0. The third-order valence-electron chi connectivity index (χ3n) is 2.49. The van der Waals surface area contributed by atoms with E-state index in [0.29, 0.717) is 6.42 Å². The van der Waals surface area contributed by atoms with E-state index in [4.69, 9.17) is 5.11 Å². The van der Waals surface area contributed by atoms with Crippen LogP contribution in [-0.2, 0) is 20.7 Å². The molecule has 0 bridgehead atoms. The monoisotopic (exact) mass is 251 g/mol. The number of rotatable bonds is 5. The molecule has 0 aliphatic carbocycles. The summed E-state index contributed by atoms with van der Waals surface area (Å²) >= 11 is 0. The fraction of sp³-hybridized carbons (Fsp3) is 0.385. The molecule has 5 nitrogen and oxygen atoms in total. The summed E-state index contributed by atoms with van der Waals surface area (Å²) in [6.45, 7) is 1.30. The average molecular weight is 251 g/mol. The highest BCUT2D eigenvalue weighted by atomic mass is 16.5. The van der Waals surface area contributed by atoms with Gasteiger partial charge in [-0.15, -0.1) is 0 Å². The van der Waals surface area contributed by atoms with E-state index in [-0.39, 0.29) is 0 Å². The molecule has 1 aromatic rings. The van der Waals surface area contributed by atoms with Crippen molar-refractivity contribution in [3.63, 3.8) is 0 Å². The van der Waals surface area contributed by atoms with Crippen molar-refractivity contribution in [2.75, 3.05) is 13.7 Å². The lowest BCUT2D eigenvalue weighted by Crippen LogP contribution is -2.44. The molecule has 98 valence electrons. The SMILES string of the molecule is COC(=O)[C@H](Cc1cccc(C)c1)NC(=O)CO. The normalized spacial score (nSPS) is 11.7. The van der Waals surface area contributed by atoms with Gasteiger partial charge in [0.05, 0.1) is 7.11 Å². The maximum atomic E-state index is 11.5. The fourth-order valence-electron chi connectivity index (χ4n) is 1.65. The third kappa shape index (κ3) is 4.18. The first-order chi connectivity index (χ1) is 8.56. The molecule has 0 aromatic heterocycles. The Morgan fingerprint density at radius 2 is 2.17 bits per heavy atom. The topological polar surface area (TPSA) is 75.6 Å². The number of nitrogens with one attached hydrogen (secondary N) is 1. The lowest BCUT2D eigenvalue weighted by molar-refractivity contribution is -0.145. The van der Waals surface area contributed by atoms with E-state index < -0.39 is 24.5 Å². The van der Waals surface area contributed by atoms with Crippen molar-refractivity contribution in [2.24, 2.45) is 0 Å². The first-order valence-electron chi connectivity index (χ1n) is 5.60. The van der Waals surface area contributed by atoms with E-state index in [0.717, 1.165) is 11.1 Å². The predicted octanol–water partition coefficient (Wildman–Crippen LogP) is 0.188. The van der Waals surface area contributed by atoms with Gasteiger partial charge in [0.1, 0.15) is 12.6 Å². The largest absolute Gasteiger partial charge is 0.467 e. The minimum absolute atomic E-state index is 0.333. The molecule has 0 aliphatic rings. The maximum Gasteiger partial charge on any atom is 0.328 e. The Morgan fingerprint density at radius 3 is 2.72 bits per heavy atom. The van der Waals surface area contributed by atoms with Gasteiger partial charge in [-0.25, -0.2) is 4.79 Å². The fourth-order valence-corrected chi connectivity index (χ4v) is 1.65. The summed E-state index contributed by atoms with van der Waals surface area (Å²) in [5, 5.41) is 11.1. The van der Waals surface area contributed by atoms with Crippen LogP contribution in [0.5, 0.6) is 0 Å². The smallest absolute Gasteiger partial charge is 0.328 e. The molecule has 0 saturated carbocycles. The summed E-state index contributed by atoms with van der Waals surface area (Å²) in [5.41, 5.74) is 1.99. The van der Waals surface area contributed by atoms with Crippen LogP contribution in [0.3, 0.4) is 0 Å². The van der Waals surface area contributed by atoms with Crippen molar-refractivity contribution in [3.8, 4) is 0 Å². The van der Waals surface area contributed by atoms with Gasteiger partial charge in [0.25, 0.3) is 0 Å². The van der Waals surface area contributed by atoms with Crippen LogP contribution in [0.4, 0.5) is 0 Å². The highest BCUT2D eigenvalue weighted by molar-refractivity contribution is 5.85. The molecule has 1 amide bonds. The molecule has 0 radical (unpaired) electrons. The van der Waals surface area contributed by atoms with Crippen LogP contribution >= 0.6 is 0 Å². The van der Waals surface area contributed by atoms with Gasteiger partial charge in [0, 0.05) is 6.42 Å². The highest BCUT2D eigenvalue weighted by Crippen LogP contribution is 2.07. The van der Waals surface area contributed by atoms with Gasteiger partial charge in [-0.05, 0) is 12.5 Å². The van der Waals surface area contributed by atoms with Gasteiger partial charge < -0.3 is 15.2 Å². The molecule has 0 fully saturated rings. The second-order valence-corrected chi connectivity index (χ2v) is 3.99. The molecule has 18 heavy (non-hydrogen) atoms. The van der Waals surface area contributed by atoms with Crippen LogP contribution in [0.25, 0.3) is 0 Å². The first-order valence-corrected chi connectivity index (χ1v) is 5.60. The number of amides is 1. The number of methoxy groups -OCH3 is 1. The molecule has 0 unspecified atom stereocenters. The highest BCUT2D eigenvalue weighted by Gasteiger charge is 2.21.